The van der Waals surface area contributed by atoms with E-state index in [9.17, 15) is 19.3 Å². The van der Waals surface area contributed by atoms with Crippen LogP contribution in [0.2, 0.25) is 0 Å². The molecular weight excluding hydrogens is 277 g/mol. The van der Waals surface area contributed by atoms with Gasteiger partial charge in [-0.25, -0.2) is 4.39 Å². The van der Waals surface area contributed by atoms with Crippen LogP contribution in [-0.4, -0.2) is 42.4 Å². The Morgan fingerprint density at radius 2 is 2.14 bits per heavy atom. The van der Waals surface area contributed by atoms with Gasteiger partial charge in [0.25, 0.3) is 11.6 Å². The van der Waals surface area contributed by atoms with E-state index in [4.69, 9.17) is 0 Å². The zero-order chi connectivity index (χ0) is 15.4. The van der Waals surface area contributed by atoms with Gasteiger partial charge in [-0.2, -0.15) is 0 Å². The molecule has 7 heteroatoms. The third-order valence-corrected chi connectivity index (χ3v) is 3.72. The van der Waals surface area contributed by atoms with E-state index in [1.165, 1.54) is 11.0 Å². The van der Waals surface area contributed by atoms with Gasteiger partial charge in [0.1, 0.15) is 11.4 Å². The number of nitro benzene ring substituents is 1. The zero-order valence-corrected chi connectivity index (χ0v) is 11.8. The molecule has 0 radical (unpaired) electrons. The maximum absolute atomic E-state index is 13.1. The number of nitrogens with zero attached hydrogens (tertiary/aromatic N) is 2. The predicted octanol–water partition coefficient (Wildman–Crippen LogP) is 1.81. The molecule has 0 saturated carbocycles. The number of amides is 1. The van der Waals surface area contributed by atoms with Gasteiger partial charge < -0.3 is 10.2 Å². The number of nitrogens with one attached hydrogen (secondary N) is 1. The fourth-order valence-electron chi connectivity index (χ4n) is 2.58. The first-order chi connectivity index (χ1) is 9.99. The van der Waals surface area contributed by atoms with Crippen molar-refractivity contribution < 1.29 is 14.1 Å². The van der Waals surface area contributed by atoms with E-state index < -0.39 is 22.3 Å². The first-order valence-corrected chi connectivity index (χ1v) is 6.89. The number of benzene rings is 1. The van der Waals surface area contributed by atoms with Gasteiger partial charge in [-0.15, -0.1) is 0 Å². The molecule has 0 bridgehead atoms. The molecule has 1 saturated heterocycles. The van der Waals surface area contributed by atoms with Crippen molar-refractivity contribution in [1.82, 2.24) is 10.2 Å². The lowest BCUT2D eigenvalue weighted by Gasteiger charge is -2.27. The molecular formula is C14H18FN3O3. The zero-order valence-electron chi connectivity index (χ0n) is 11.8. The summed E-state index contributed by atoms with van der Waals surface area (Å²) in [7, 11) is 1.62. The molecule has 1 fully saturated rings. The summed E-state index contributed by atoms with van der Waals surface area (Å²) in [5.74, 6) is -0.779. The summed E-state index contributed by atoms with van der Waals surface area (Å²) in [5.41, 5.74) is -0.560. The Bertz CT molecular complexity index is 544. The molecule has 6 nitrogen and oxygen atoms in total. The number of nitro groups is 1. The minimum absolute atomic E-state index is 0.0714. The van der Waals surface area contributed by atoms with Gasteiger partial charge in [0, 0.05) is 13.6 Å². The van der Waals surface area contributed by atoms with Crippen molar-refractivity contribution >= 4 is 11.6 Å². The van der Waals surface area contributed by atoms with E-state index in [0.717, 1.165) is 38.1 Å². The maximum atomic E-state index is 13.1. The van der Waals surface area contributed by atoms with Crippen molar-refractivity contribution in [2.24, 2.45) is 5.92 Å². The van der Waals surface area contributed by atoms with Crippen LogP contribution in [0.25, 0.3) is 0 Å². The van der Waals surface area contributed by atoms with Gasteiger partial charge in [-0.1, -0.05) is 0 Å². The smallest absolute Gasteiger partial charge is 0.285 e. The van der Waals surface area contributed by atoms with Crippen molar-refractivity contribution in [3.05, 3.63) is 39.7 Å². The number of carbonyl (C=O) groups excluding carboxylic acids is 1. The Balaban J connectivity index is 2.13. The van der Waals surface area contributed by atoms with Crippen molar-refractivity contribution in [3.8, 4) is 0 Å². The molecule has 1 aliphatic rings. The highest BCUT2D eigenvalue weighted by Crippen LogP contribution is 2.22. The van der Waals surface area contributed by atoms with Gasteiger partial charge in [0.05, 0.1) is 11.0 Å². The lowest BCUT2D eigenvalue weighted by Crippen LogP contribution is -2.37. The SMILES string of the molecule is CN(CC1CCNCC1)C(=O)c1ccc(F)cc1[N+](=O)[O-]. The second-order valence-corrected chi connectivity index (χ2v) is 5.30. The molecule has 0 atom stereocenters. The lowest BCUT2D eigenvalue weighted by atomic mass is 9.97. The van der Waals surface area contributed by atoms with Crippen LogP contribution in [0.1, 0.15) is 23.2 Å². The Morgan fingerprint density at radius 3 is 2.76 bits per heavy atom. The summed E-state index contributed by atoms with van der Waals surface area (Å²) >= 11 is 0. The molecule has 0 aromatic heterocycles. The monoisotopic (exact) mass is 295 g/mol. The van der Waals surface area contributed by atoms with E-state index >= 15 is 0 Å². The first-order valence-electron chi connectivity index (χ1n) is 6.89. The Labute approximate surface area is 122 Å². The number of carbonyl (C=O) groups is 1. The summed E-state index contributed by atoms with van der Waals surface area (Å²) in [6.07, 6.45) is 1.95. The topological polar surface area (TPSA) is 75.5 Å². The van der Waals surface area contributed by atoms with Crippen LogP contribution < -0.4 is 5.32 Å². The molecule has 0 aliphatic carbocycles. The standard InChI is InChI=1S/C14H18FN3O3/c1-17(9-10-4-6-16-7-5-10)14(19)12-3-2-11(15)8-13(12)18(20)21/h2-3,8,10,16H,4-7,9H2,1H3. The average Bonchev–Trinajstić information content (AvgIpc) is 2.47. The average molecular weight is 295 g/mol. The highest BCUT2D eigenvalue weighted by Gasteiger charge is 2.25. The number of hydrogen-bond donors (Lipinski definition) is 1. The van der Waals surface area contributed by atoms with Crippen LogP contribution in [0.15, 0.2) is 18.2 Å². The minimum atomic E-state index is -0.727. The molecule has 1 heterocycles. The first kappa shape index (κ1) is 15.4. The van der Waals surface area contributed by atoms with Gasteiger partial charge in [-0.3, -0.25) is 14.9 Å². The number of halogens is 1. The fourth-order valence-corrected chi connectivity index (χ4v) is 2.58. The highest BCUT2D eigenvalue weighted by molar-refractivity contribution is 5.98. The molecule has 1 aromatic carbocycles. The summed E-state index contributed by atoms with van der Waals surface area (Å²) in [6.45, 7) is 2.39. The maximum Gasteiger partial charge on any atom is 0.285 e. The molecule has 21 heavy (non-hydrogen) atoms. The highest BCUT2D eigenvalue weighted by atomic mass is 19.1. The molecule has 114 valence electrons. The van der Waals surface area contributed by atoms with Gasteiger partial charge in [0.2, 0.25) is 0 Å². The van der Waals surface area contributed by atoms with E-state index in [1.807, 2.05) is 0 Å². The molecule has 2 rings (SSSR count). The number of hydrogen-bond acceptors (Lipinski definition) is 4. The third kappa shape index (κ3) is 3.75. The molecule has 0 unspecified atom stereocenters. The van der Waals surface area contributed by atoms with Crippen molar-refractivity contribution in [2.45, 2.75) is 12.8 Å². The van der Waals surface area contributed by atoms with Crippen LogP contribution in [-0.2, 0) is 0 Å². The van der Waals surface area contributed by atoms with Gasteiger partial charge in [0.15, 0.2) is 0 Å². The van der Waals surface area contributed by atoms with Crippen molar-refractivity contribution in [1.29, 1.82) is 0 Å². The Hall–Kier alpha value is -2.02. The summed E-state index contributed by atoms with van der Waals surface area (Å²) in [4.78, 5) is 24.0. The van der Waals surface area contributed by atoms with Gasteiger partial charge in [-0.05, 0) is 44.0 Å². The summed E-state index contributed by atoms with van der Waals surface area (Å²) in [6, 6.07) is 3.03. The Morgan fingerprint density at radius 1 is 1.48 bits per heavy atom. The largest absolute Gasteiger partial charge is 0.341 e. The van der Waals surface area contributed by atoms with Crippen LogP contribution in [0.3, 0.4) is 0 Å². The van der Waals surface area contributed by atoms with E-state index in [2.05, 4.69) is 5.32 Å². The molecule has 1 N–H and O–H groups in total. The minimum Gasteiger partial charge on any atom is -0.341 e. The number of piperidine rings is 1. The van der Waals surface area contributed by atoms with Crippen LogP contribution in [0, 0.1) is 21.8 Å². The lowest BCUT2D eigenvalue weighted by molar-refractivity contribution is -0.385. The normalized spacial score (nSPS) is 15.7. The van der Waals surface area contributed by atoms with Crippen molar-refractivity contribution in [3.63, 3.8) is 0 Å². The second kappa shape index (κ2) is 6.62. The third-order valence-electron chi connectivity index (χ3n) is 3.72. The van der Waals surface area contributed by atoms with Gasteiger partial charge >= 0.3 is 0 Å². The second-order valence-electron chi connectivity index (χ2n) is 5.30. The summed E-state index contributed by atoms with van der Waals surface area (Å²) < 4.78 is 13.1. The summed E-state index contributed by atoms with van der Waals surface area (Å²) in [5, 5.41) is 14.2. The van der Waals surface area contributed by atoms with Crippen molar-refractivity contribution in [2.75, 3.05) is 26.7 Å². The molecule has 0 spiro atoms. The van der Waals surface area contributed by atoms with E-state index in [-0.39, 0.29) is 5.56 Å². The fraction of sp³-hybridized carbons (Fsp3) is 0.500. The van der Waals surface area contributed by atoms with Crippen LogP contribution >= 0.6 is 0 Å². The van der Waals surface area contributed by atoms with E-state index in [1.54, 1.807) is 7.05 Å². The molecule has 1 aromatic rings. The Kier molecular flexibility index (Phi) is 4.85. The van der Waals surface area contributed by atoms with Crippen LogP contribution in [0.4, 0.5) is 10.1 Å². The van der Waals surface area contributed by atoms with Crippen LogP contribution in [0.5, 0.6) is 0 Å². The molecule has 1 aliphatic heterocycles. The number of rotatable bonds is 4. The van der Waals surface area contributed by atoms with E-state index in [0.29, 0.717) is 12.5 Å². The molecule has 1 amide bonds. The predicted molar refractivity (Wildman–Crippen MR) is 75.6 cm³/mol. The quantitative estimate of drug-likeness (QED) is 0.679.